The maximum absolute atomic E-state index is 13.0. The van der Waals surface area contributed by atoms with Gasteiger partial charge in [0.15, 0.2) is 3.95 Å². The van der Waals surface area contributed by atoms with Gasteiger partial charge in [0.25, 0.3) is 0 Å². The van der Waals surface area contributed by atoms with Crippen molar-refractivity contribution in [2.45, 2.75) is 12.7 Å². The molecular formula is C21H14F3N3O2S2. The highest BCUT2D eigenvalue weighted by Gasteiger charge is 2.30. The van der Waals surface area contributed by atoms with Gasteiger partial charge in [-0.15, -0.1) is 11.3 Å². The number of benzene rings is 2. The van der Waals surface area contributed by atoms with E-state index in [0.29, 0.717) is 9.64 Å². The maximum Gasteiger partial charge on any atom is 0.420 e. The van der Waals surface area contributed by atoms with E-state index in [1.54, 1.807) is 30.6 Å². The van der Waals surface area contributed by atoms with Crippen molar-refractivity contribution in [3.63, 3.8) is 0 Å². The average Bonchev–Trinajstić information content (AvgIpc) is 3.11. The standard InChI is InChI=1S/C21H14F3N3O2S2/c22-21(23,24)14-1-4-16(5-2-14)29-20(28)27(12-13-7-9-25-10-8-13)15-3-6-17-18(11-15)31-19(30)26-17/h1-11H,12H2,(H,26,30). The smallest absolute Gasteiger partial charge is 0.410 e. The molecule has 0 aliphatic rings. The summed E-state index contributed by atoms with van der Waals surface area (Å²) in [5.74, 6) is 0.0103. The summed E-state index contributed by atoms with van der Waals surface area (Å²) in [4.78, 5) is 21.4. The van der Waals surface area contributed by atoms with Crippen molar-refractivity contribution in [1.82, 2.24) is 9.97 Å². The van der Waals surface area contributed by atoms with Crippen LogP contribution in [0.15, 0.2) is 67.0 Å². The summed E-state index contributed by atoms with van der Waals surface area (Å²) in [6.45, 7) is 0.184. The molecule has 1 amide bonds. The number of hydrogen-bond acceptors (Lipinski definition) is 5. The largest absolute Gasteiger partial charge is 0.420 e. The van der Waals surface area contributed by atoms with Crippen LogP contribution in [0.25, 0.3) is 10.2 Å². The third-order valence-corrected chi connectivity index (χ3v) is 5.61. The third-order valence-electron chi connectivity index (χ3n) is 4.41. The van der Waals surface area contributed by atoms with E-state index >= 15 is 0 Å². The van der Waals surface area contributed by atoms with Crippen molar-refractivity contribution in [3.05, 3.63) is 82.1 Å². The Kier molecular flexibility index (Phi) is 5.75. The number of aromatic nitrogens is 2. The van der Waals surface area contributed by atoms with Crippen LogP contribution >= 0.6 is 23.6 Å². The van der Waals surface area contributed by atoms with Gasteiger partial charge < -0.3 is 9.72 Å². The second kappa shape index (κ2) is 8.48. The summed E-state index contributed by atoms with van der Waals surface area (Å²) >= 11 is 6.55. The molecule has 0 bridgehead atoms. The molecule has 0 atom stereocenters. The fraction of sp³-hybridized carbons (Fsp3) is 0.0952. The molecule has 4 rings (SSSR count). The van der Waals surface area contributed by atoms with E-state index in [-0.39, 0.29) is 12.3 Å². The lowest BCUT2D eigenvalue weighted by atomic mass is 10.2. The number of anilines is 1. The maximum atomic E-state index is 13.0. The van der Waals surface area contributed by atoms with Gasteiger partial charge in [0.05, 0.1) is 22.3 Å². The van der Waals surface area contributed by atoms with E-state index < -0.39 is 17.8 Å². The first-order valence-corrected chi connectivity index (χ1v) is 10.2. The van der Waals surface area contributed by atoms with E-state index in [9.17, 15) is 18.0 Å². The highest BCUT2D eigenvalue weighted by Crippen LogP contribution is 2.31. The number of carbonyl (C=O) groups is 1. The lowest BCUT2D eigenvalue weighted by molar-refractivity contribution is -0.137. The number of ether oxygens (including phenoxy) is 1. The molecular weight excluding hydrogens is 447 g/mol. The first-order valence-electron chi connectivity index (χ1n) is 8.98. The zero-order valence-electron chi connectivity index (χ0n) is 15.7. The number of pyridine rings is 1. The summed E-state index contributed by atoms with van der Waals surface area (Å²) in [6.07, 6.45) is -1.98. The summed E-state index contributed by atoms with van der Waals surface area (Å²) in [5.41, 5.74) is 1.39. The Bertz CT molecular complexity index is 1270. The Morgan fingerprint density at radius 2 is 1.81 bits per heavy atom. The number of hydrogen-bond donors (Lipinski definition) is 1. The number of H-pyrrole nitrogens is 1. The second-order valence-electron chi connectivity index (χ2n) is 6.53. The predicted octanol–water partition coefficient (Wildman–Crippen LogP) is 6.58. The minimum Gasteiger partial charge on any atom is -0.410 e. The molecule has 1 N–H and O–H groups in total. The Balaban J connectivity index is 1.64. The molecule has 0 aliphatic heterocycles. The van der Waals surface area contributed by atoms with E-state index in [2.05, 4.69) is 9.97 Å². The number of carbonyl (C=O) groups excluding carboxylic acids is 1. The Labute approximate surface area is 183 Å². The lowest BCUT2D eigenvalue weighted by Gasteiger charge is -2.22. The SMILES string of the molecule is O=C(Oc1ccc(C(F)(F)F)cc1)N(Cc1ccncc1)c1ccc2[nH]c(=S)sc2c1. The molecule has 4 aromatic rings. The van der Waals surface area contributed by atoms with Crippen molar-refractivity contribution in [2.24, 2.45) is 0 Å². The second-order valence-corrected chi connectivity index (χ2v) is 8.25. The molecule has 31 heavy (non-hydrogen) atoms. The minimum atomic E-state index is -4.47. The van der Waals surface area contributed by atoms with Crippen LogP contribution in [0, 0.1) is 3.95 Å². The molecule has 0 aliphatic carbocycles. The van der Waals surface area contributed by atoms with Gasteiger partial charge in [0.2, 0.25) is 0 Å². The van der Waals surface area contributed by atoms with Crippen LogP contribution in [-0.4, -0.2) is 16.1 Å². The van der Waals surface area contributed by atoms with Gasteiger partial charge in [-0.05, 0) is 72.4 Å². The molecule has 0 saturated heterocycles. The molecule has 10 heteroatoms. The number of amides is 1. The molecule has 0 radical (unpaired) electrons. The normalized spacial score (nSPS) is 11.5. The quantitative estimate of drug-likeness (QED) is 0.349. The number of fused-ring (bicyclic) bond motifs is 1. The molecule has 2 aromatic heterocycles. The zero-order chi connectivity index (χ0) is 22.0. The van der Waals surface area contributed by atoms with E-state index in [0.717, 1.165) is 40.0 Å². The van der Waals surface area contributed by atoms with Gasteiger partial charge in [-0.25, -0.2) is 4.79 Å². The van der Waals surface area contributed by atoms with Crippen LogP contribution in [0.1, 0.15) is 11.1 Å². The van der Waals surface area contributed by atoms with Gasteiger partial charge in [-0.3, -0.25) is 9.88 Å². The number of nitrogens with one attached hydrogen (secondary N) is 1. The highest BCUT2D eigenvalue weighted by molar-refractivity contribution is 7.73. The predicted molar refractivity (Wildman–Crippen MR) is 115 cm³/mol. The molecule has 0 fully saturated rings. The fourth-order valence-electron chi connectivity index (χ4n) is 2.90. The summed E-state index contributed by atoms with van der Waals surface area (Å²) in [5, 5.41) is 0. The van der Waals surface area contributed by atoms with E-state index in [1.807, 2.05) is 12.1 Å². The molecule has 158 valence electrons. The van der Waals surface area contributed by atoms with Crippen molar-refractivity contribution in [1.29, 1.82) is 0 Å². The number of halogens is 3. The van der Waals surface area contributed by atoms with Crippen molar-refractivity contribution < 1.29 is 22.7 Å². The number of thiazole rings is 1. The molecule has 0 spiro atoms. The first-order chi connectivity index (χ1) is 14.8. The van der Waals surface area contributed by atoms with Crippen LogP contribution in [0.2, 0.25) is 0 Å². The zero-order valence-corrected chi connectivity index (χ0v) is 17.4. The topological polar surface area (TPSA) is 58.2 Å². The number of aromatic amines is 1. The van der Waals surface area contributed by atoms with Crippen LogP contribution in [0.4, 0.5) is 23.7 Å². The van der Waals surface area contributed by atoms with E-state index in [4.69, 9.17) is 17.0 Å². The van der Waals surface area contributed by atoms with Crippen molar-refractivity contribution >= 4 is 45.6 Å². The minimum absolute atomic E-state index is 0.0103. The Hall–Kier alpha value is -3.24. The van der Waals surface area contributed by atoms with Gasteiger partial charge in [-0.2, -0.15) is 13.2 Å². The summed E-state index contributed by atoms with van der Waals surface area (Å²) < 4.78 is 45.2. The van der Waals surface area contributed by atoms with Crippen LogP contribution < -0.4 is 9.64 Å². The molecule has 0 saturated carbocycles. The highest BCUT2D eigenvalue weighted by atomic mass is 32.1. The average molecular weight is 461 g/mol. The van der Waals surface area contributed by atoms with Crippen LogP contribution in [-0.2, 0) is 12.7 Å². The summed E-state index contributed by atoms with van der Waals surface area (Å²) in [7, 11) is 0. The molecule has 0 unspecified atom stereocenters. The first kappa shape index (κ1) is 21.0. The summed E-state index contributed by atoms with van der Waals surface area (Å²) in [6, 6.07) is 12.9. The van der Waals surface area contributed by atoms with Gasteiger partial charge in [0, 0.05) is 18.1 Å². The van der Waals surface area contributed by atoms with Gasteiger partial charge in [-0.1, -0.05) is 0 Å². The number of rotatable bonds is 4. The Morgan fingerprint density at radius 1 is 1.10 bits per heavy atom. The van der Waals surface area contributed by atoms with E-state index in [1.165, 1.54) is 16.2 Å². The number of alkyl halides is 3. The Morgan fingerprint density at radius 3 is 2.48 bits per heavy atom. The third kappa shape index (κ3) is 4.92. The van der Waals surface area contributed by atoms with Crippen molar-refractivity contribution in [3.8, 4) is 5.75 Å². The molecule has 2 aromatic carbocycles. The number of nitrogens with zero attached hydrogens (tertiary/aromatic N) is 2. The van der Waals surface area contributed by atoms with Crippen LogP contribution in [0.5, 0.6) is 5.75 Å². The monoisotopic (exact) mass is 461 g/mol. The van der Waals surface area contributed by atoms with Crippen LogP contribution in [0.3, 0.4) is 0 Å². The van der Waals surface area contributed by atoms with Gasteiger partial charge >= 0.3 is 12.3 Å². The molecule has 2 heterocycles. The van der Waals surface area contributed by atoms with Crippen molar-refractivity contribution in [2.75, 3.05) is 4.90 Å². The fourth-order valence-corrected chi connectivity index (χ4v) is 4.05. The van der Waals surface area contributed by atoms with Gasteiger partial charge in [0.1, 0.15) is 5.75 Å². The lowest BCUT2D eigenvalue weighted by Crippen LogP contribution is -2.33. The molecule has 5 nitrogen and oxygen atoms in total.